The standard InChI is InChI=1S/C27H31FN4O2/c1-15(2)31-25-22(18(6)32(30-25)16(3)4)23(19-10-12-21(28)13-11-19)24(27(31)34)29-26(33)20-9-7-8-17(5)14-20/h7-16,23-24H,1-6H3,(H,29,33)/t23-,24-/m0/s1. The summed E-state index contributed by atoms with van der Waals surface area (Å²) in [5, 5.41) is 7.82. The minimum absolute atomic E-state index is 0.0870. The van der Waals surface area contributed by atoms with Crippen LogP contribution in [-0.4, -0.2) is 33.7 Å². The Morgan fingerprint density at radius 1 is 1.03 bits per heavy atom. The van der Waals surface area contributed by atoms with Crippen molar-refractivity contribution >= 4 is 17.6 Å². The first-order valence-corrected chi connectivity index (χ1v) is 11.6. The number of anilines is 1. The van der Waals surface area contributed by atoms with E-state index in [1.165, 1.54) is 12.1 Å². The van der Waals surface area contributed by atoms with E-state index < -0.39 is 12.0 Å². The summed E-state index contributed by atoms with van der Waals surface area (Å²) in [6.07, 6.45) is 0. The van der Waals surface area contributed by atoms with Crippen molar-refractivity contribution in [2.45, 2.75) is 65.6 Å². The van der Waals surface area contributed by atoms with Crippen molar-refractivity contribution in [3.05, 3.63) is 82.3 Å². The van der Waals surface area contributed by atoms with E-state index in [1.54, 1.807) is 29.2 Å². The Morgan fingerprint density at radius 3 is 2.29 bits per heavy atom. The minimum atomic E-state index is -0.864. The first-order valence-electron chi connectivity index (χ1n) is 11.6. The number of nitrogens with one attached hydrogen (secondary N) is 1. The highest BCUT2D eigenvalue weighted by Crippen LogP contribution is 2.43. The lowest BCUT2D eigenvalue weighted by Crippen LogP contribution is -2.57. The van der Waals surface area contributed by atoms with Crippen LogP contribution in [0, 0.1) is 19.7 Å². The Balaban J connectivity index is 1.90. The molecule has 0 spiro atoms. The first-order chi connectivity index (χ1) is 16.1. The van der Waals surface area contributed by atoms with Gasteiger partial charge in [0.1, 0.15) is 11.9 Å². The van der Waals surface area contributed by atoms with Crippen LogP contribution in [0.1, 0.15) is 72.4 Å². The molecule has 1 aliphatic rings. The molecule has 3 aromatic rings. The zero-order valence-corrected chi connectivity index (χ0v) is 20.5. The Labute approximate surface area is 199 Å². The molecule has 2 heterocycles. The summed E-state index contributed by atoms with van der Waals surface area (Å²) in [5.74, 6) is -0.813. The van der Waals surface area contributed by atoms with Crippen molar-refractivity contribution in [1.82, 2.24) is 15.1 Å². The number of rotatable bonds is 5. The van der Waals surface area contributed by atoms with Gasteiger partial charge in [-0.1, -0.05) is 29.8 Å². The number of nitrogens with zero attached hydrogens (tertiary/aromatic N) is 3. The third kappa shape index (κ3) is 4.11. The Bertz CT molecular complexity index is 1230. The van der Waals surface area contributed by atoms with E-state index in [0.29, 0.717) is 11.4 Å². The van der Waals surface area contributed by atoms with Crippen molar-refractivity contribution in [3.8, 4) is 0 Å². The van der Waals surface area contributed by atoms with Crippen LogP contribution in [0.5, 0.6) is 0 Å². The number of halogens is 1. The number of hydrogen-bond donors (Lipinski definition) is 1. The highest BCUT2D eigenvalue weighted by Gasteiger charge is 2.46. The molecule has 1 aromatic heterocycles. The summed E-state index contributed by atoms with van der Waals surface area (Å²) in [5.41, 5.74) is 4.00. The number of aryl methyl sites for hydroxylation is 1. The van der Waals surface area contributed by atoms with Crippen LogP contribution < -0.4 is 10.2 Å². The van der Waals surface area contributed by atoms with Crippen LogP contribution >= 0.6 is 0 Å². The SMILES string of the molecule is Cc1cccc(C(=O)N[C@@H]2C(=O)N(C(C)C)c3nn(C(C)C)c(C)c3[C@@H]2c2ccc(F)cc2)c1. The molecule has 178 valence electrons. The lowest BCUT2D eigenvalue weighted by Gasteiger charge is -2.39. The van der Waals surface area contributed by atoms with Crippen LogP contribution in [0.3, 0.4) is 0 Å². The fourth-order valence-electron chi connectivity index (χ4n) is 4.81. The van der Waals surface area contributed by atoms with Gasteiger partial charge in [-0.2, -0.15) is 5.10 Å². The maximum Gasteiger partial charge on any atom is 0.252 e. The number of amides is 2. The van der Waals surface area contributed by atoms with Crippen LogP contribution in [0.25, 0.3) is 0 Å². The van der Waals surface area contributed by atoms with E-state index in [1.807, 2.05) is 58.4 Å². The predicted molar refractivity (Wildman–Crippen MR) is 131 cm³/mol. The zero-order valence-electron chi connectivity index (χ0n) is 20.5. The second-order valence-corrected chi connectivity index (χ2v) is 9.51. The fourth-order valence-corrected chi connectivity index (χ4v) is 4.81. The molecule has 1 aliphatic heterocycles. The fraction of sp³-hybridized carbons (Fsp3) is 0.370. The van der Waals surface area contributed by atoms with Gasteiger partial charge in [-0.3, -0.25) is 19.2 Å². The molecule has 6 nitrogen and oxygen atoms in total. The highest BCUT2D eigenvalue weighted by atomic mass is 19.1. The molecular weight excluding hydrogens is 431 g/mol. The minimum Gasteiger partial charge on any atom is -0.339 e. The molecule has 0 aliphatic carbocycles. The number of benzene rings is 2. The Kier molecular flexibility index (Phi) is 6.30. The molecule has 0 fully saturated rings. The first kappa shape index (κ1) is 23.7. The molecule has 1 N–H and O–H groups in total. The normalized spacial score (nSPS) is 17.9. The number of aromatic nitrogens is 2. The largest absolute Gasteiger partial charge is 0.339 e. The van der Waals surface area contributed by atoms with Gasteiger partial charge in [0.25, 0.3) is 11.8 Å². The maximum atomic E-state index is 13.9. The quantitative estimate of drug-likeness (QED) is 0.586. The second-order valence-electron chi connectivity index (χ2n) is 9.51. The summed E-state index contributed by atoms with van der Waals surface area (Å²) in [7, 11) is 0. The lowest BCUT2D eigenvalue weighted by molar-refractivity contribution is -0.121. The number of hydrogen-bond acceptors (Lipinski definition) is 3. The van der Waals surface area contributed by atoms with Gasteiger partial charge < -0.3 is 5.32 Å². The average Bonchev–Trinajstić information content (AvgIpc) is 3.11. The molecule has 0 radical (unpaired) electrons. The third-order valence-electron chi connectivity index (χ3n) is 6.35. The van der Waals surface area contributed by atoms with Crippen molar-refractivity contribution in [1.29, 1.82) is 0 Å². The molecule has 2 amide bonds. The summed E-state index contributed by atoms with van der Waals surface area (Å²) in [6, 6.07) is 12.5. The molecule has 0 unspecified atom stereocenters. The average molecular weight is 463 g/mol. The van der Waals surface area contributed by atoms with Gasteiger partial charge in [0, 0.05) is 34.8 Å². The van der Waals surface area contributed by atoms with Crippen LogP contribution in [0.4, 0.5) is 10.2 Å². The number of carbonyl (C=O) groups excluding carboxylic acids is 2. The van der Waals surface area contributed by atoms with E-state index in [0.717, 1.165) is 22.4 Å². The predicted octanol–water partition coefficient (Wildman–Crippen LogP) is 4.91. The van der Waals surface area contributed by atoms with E-state index in [-0.39, 0.29) is 29.7 Å². The van der Waals surface area contributed by atoms with Gasteiger partial charge in [0.2, 0.25) is 0 Å². The third-order valence-corrected chi connectivity index (χ3v) is 6.35. The van der Waals surface area contributed by atoms with Crippen molar-refractivity contribution in [2.75, 3.05) is 4.90 Å². The molecular formula is C27H31FN4O2. The van der Waals surface area contributed by atoms with E-state index >= 15 is 0 Å². The molecule has 0 bridgehead atoms. The van der Waals surface area contributed by atoms with Crippen molar-refractivity contribution in [2.24, 2.45) is 0 Å². The van der Waals surface area contributed by atoms with Gasteiger partial charge >= 0.3 is 0 Å². The van der Waals surface area contributed by atoms with Gasteiger partial charge in [-0.15, -0.1) is 0 Å². The summed E-state index contributed by atoms with van der Waals surface area (Å²) >= 11 is 0. The van der Waals surface area contributed by atoms with Crippen LogP contribution in [0.15, 0.2) is 48.5 Å². The molecule has 0 saturated heterocycles. The second kappa shape index (κ2) is 9.05. The van der Waals surface area contributed by atoms with Gasteiger partial charge in [0.15, 0.2) is 5.82 Å². The molecule has 2 aromatic carbocycles. The lowest BCUT2D eigenvalue weighted by atomic mass is 9.80. The summed E-state index contributed by atoms with van der Waals surface area (Å²) in [6.45, 7) is 11.8. The Morgan fingerprint density at radius 2 is 1.71 bits per heavy atom. The smallest absolute Gasteiger partial charge is 0.252 e. The maximum absolute atomic E-state index is 13.9. The molecule has 7 heteroatoms. The van der Waals surface area contributed by atoms with Crippen LogP contribution in [-0.2, 0) is 4.79 Å². The molecule has 34 heavy (non-hydrogen) atoms. The highest BCUT2D eigenvalue weighted by molar-refractivity contribution is 6.05. The van der Waals surface area contributed by atoms with Gasteiger partial charge in [0.05, 0.1) is 0 Å². The van der Waals surface area contributed by atoms with Gasteiger partial charge in [-0.25, -0.2) is 4.39 Å². The zero-order chi connectivity index (χ0) is 24.7. The number of fused-ring (bicyclic) bond motifs is 1. The van der Waals surface area contributed by atoms with Crippen molar-refractivity contribution in [3.63, 3.8) is 0 Å². The summed E-state index contributed by atoms with van der Waals surface area (Å²) < 4.78 is 15.7. The summed E-state index contributed by atoms with van der Waals surface area (Å²) in [4.78, 5) is 28.8. The monoisotopic (exact) mass is 462 g/mol. The number of carbonyl (C=O) groups is 2. The Hall–Kier alpha value is -3.48. The molecule has 0 saturated carbocycles. The van der Waals surface area contributed by atoms with E-state index in [2.05, 4.69) is 5.32 Å². The van der Waals surface area contributed by atoms with Gasteiger partial charge in [-0.05, 0) is 71.4 Å². The molecule has 4 rings (SSSR count). The topological polar surface area (TPSA) is 67.2 Å². The van der Waals surface area contributed by atoms with E-state index in [4.69, 9.17) is 5.10 Å². The van der Waals surface area contributed by atoms with Crippen LogP contribution in [0.2, 0.25) is 0 Å². The molecule has 2 atom stereocenters. The van der Waals surface area contributed by atoms with E-state index in [9.17, 15) is 14.0 Å². The van der Waals surface area contributed by atoms with Crippen molar-refractivity contribution < 1.29 is 14.0 Å².